The highest BCUT2D eigenvalue weighted by atomic mass is 35.5. The molecule has 0 spiro atoms. The van der Waals surface area contributed by atoms with Crippen LogP contribution in [-0.2, 0) is 0 Å². The van der Waals surface area contributed by atoms with Gasteiger partial charge >= 0.3 is 0 Å². The van der Waals surface area contributed by atoms with E-state index in [9.17, 15) is 0 Å². The highest BCUT2D eigenvalue weighted by Gasteiger charge is 2.05. The molecule has 0 saturated carbocycles. The van der Waals surface area contributed by atoms with Crippen molar-refractivity contribution in [3.8, 4) is 0 Å². The normalized spacial score (nSPS) is 10.1. The zero-order chi connectivity index (χ0) is 11.4. The van der Waals surface area contributed by atoms with Crippen molar-refractivity contribution in [2.45, 2.75) is 4.90 Å². The molecule has 1 aromatic heterocycles. The minimum Gasteiger partial charge on any atom is -0.337 e. The number of hydrogen-bond acceptors (Lipinski definition) is 4. The average molecular weight is 252 g/mol. The molecule has 2 aromatic rings. The third-order valence-electron chi connectivity index (χ3n) is 2.01. The fourth-order valence-electron chi connectivity index (χ4n) is 1.28. The van der Waals surface area contributed by atoms with Gasteiger partial charge in [-0.1, -0.05) is 23.7 Å². The Kier molecular flexibility index (Phi) is 3.64. The second kappa shape index (κ2) is 5.18. The molecular formula is C11H10ClN3S. The number of hydrogen-bond donors (Lipinski definition) is 1. The Bertz CT molecular complexity index is 490. The van der Waals surface area contributed by atoms with Gasteiger partial charge in [0.1, 0.15) is 0 Å². The average Bonchev–Trinajstić information content (AvgIpc) is 2.33. The summed E-state index contributed by atoms with van der Waals surface area (Å²) in [5.74, 6) is 0.575. The van der Waals surface area contributed by atoms with Crippen molar-refractivity contribution >= 4 is 34.9 Å². The number of para-hydroxylation sites is 1. The molecule has 0 bridgehead atoms. The maximum Gasteiger partial charge on any atom is 0.171 e. The molecule has 0 amide bonds. The largest absolute Gasteiger partial charge is 0.337 e. The van der Waals surface area contributed by atoms with Crippen LogP contribution in [-0.4, -0.2) is 16.2 Å². The van der Waals surface area contributed by atoms with Crippen LogP contribution in [0, 0.1) is 0 Å². The van der Waals surface area contributed by atoms with Gasteiger partial charge in [-0.05, 0) is 18.4 Å². The van der Waals surface area contributed by atoms with E-state index in [-0.39, 0.29) is 0 Å². The van der Waals surface area contributed by atoms with Gasteiger partial charge in [0.15, 0.2) is 11.0 Å². The predicted octanol–water partition coefficient (Wildman–Crippen LogP) is 3.60. The van der Waals surface area contributed by atoms with Crippen molar-refractivity contribution in [2.24, 2.45) is 0 Å². The van der Waals surface area contributed by atoms with Gasteiger partial charge in [0.05, 0.1) is 5.69 Å². The first-order chi connectivity index (χ1) is 7.81. The maximum absolute atomic E-state index is 5.93. The van der Waals surface area contributed by atoms with Crippen LogP contribution in [0.5, 0.6) is 0 Å². The lowest BCUT2D eigenvalue weighted by molar-refractivity contribution is 1.19. The topological polar surface area (TPSA) is 37.8 Å². The monoisotopic (exact) mass is 251 g/mol. The van der Waals surface area contributed by atoms with E-state index >= 15 is 0 Å². The summed E-state index contributed by atoms with van der Waals surface area (Å²) in [5.41, 5.74) is 0.984. The fraction of sp³-hybridized carbons (Fsp3) is 0.0909. The zero-order valence-electron chi connectivity index (χ0n) is 8.64. The summed E-state index contributed by atoms with van der Waals surface area (Å²) in [4.78, 5) is 9.24. The molecule has 0 aliphatic carbocycles. The van der Waals surface area contributed by atoms with Crippen LogP contribution in [0.2, 0.25) is 5.15 Å². The van der Waals surface area contributed by atoms with E-state index in [4.69, 9.17) is 11.6 Å². The van der Waals surface area contributed by atoms with Crippen LogP contribution in [0.4, 0.5) is 11.5 Å². The highest BCUT2D eigenvalue weighted by molar-refractivity contribution is 7.98. The van der Waals surface area contributed by atoms with Crippen molar-refractivity contribution < 1.29 is 0 Å². The third kappa shape index (κ3) is 2.46. The van der Waals surface area contributed by atoms with Gasteiger partial charge in [-0.2, -0.15) is 0 Å². The number of rotatable bonds is 3. The molecule has 0 unspecified atom stereocenters. The molecule has 0 atom stereocenters. The van der Waals surface area contributed by atoms with Crippen molar-refractivity contribution in [2.75, 3.05) is 11.6 Å². The number of thioether (sulfide) groups is 1. The molecule has 0 fully saturated rings. The summed E-state index contributed by atoms with van der Waals surface area (Å²) in [6.45, 7) is 0. The molecule has 1 aromatic carbocycles. The smallest absolute Gasteiger partial charge is 0.171 e. The Morgan fingerprint density at radius 1 is 1.19 bits per heavy atom. The number of anilines is 2. The molecule has 0 saturated heterocycles. The summed E-state index contributed by atoms with van der Waals surface area (Å²) in [5, 5.41) is 3.54. The molecule has 0 aliphatic rings. The number of nitrogens with one attached hydrogen (secondary N) is 1. The quantitative estimate of drug-likeness (QED) is 0.846. The Hall–Kier alpha value is -1.26. The van der Waals surface area contributed by atoms with Gasteiger partial charge in [0, 0.05) is 17.3 Å². The predicted molar refractivity (Wildman–Crippen MR) is 68.5 cm³/mol. The summed E-state index contributed by atoms with van der Waals surface area (Å²) in [7, 11) is 0. The first-order valence-electron chi connectivity index (χ1n) is 4.68. The van der Waals surface area contributed by atoms with Crippen molar-refractivity contribution in [1.29, 1.82) is 0 Å². The van der Waals surface area contributed by atoms with Crippen molar-refractivity contribution in [3.63, 3.8) is 0 Å². The van der Waals surface area contributed by atoms with Gasteiger partial charge in [-0.25, -0.2) is 9.97 Å². The first kappa shape index (κ1) is 11.2. The number of benzene rings is 1. The Labute approximate surface area is 103 Å². The Balaban J connectivity index is 2.30. The van der Waals surface area contributed by atoms with Crippen molar-refractivity contribution in [3.05, 3.63) is 41.8 Å². The fourth-order valence-corrected chi connectivity index (χ4v) is 1.99. The van der Waals surface area contributed by atoms with Crippen LogP contribution < -0.4 is 5.32 Å². The van der Waals surface area contributed by atoms with Gasteiger partial charge < -0.3 is 5.32 Å². The molecule has 1 heterocycles. The standard InChI is InChI=1S/C11H10ClN3S/c1-16-9-5-3-2-4-8(9)15-11-10(12)13-6-7-14-11/h2-7H,1H3,(H,14,15). The van der Waals surface area contributed by atoms with Crippen molar-refractivity contribution in [1.82, 2.24) is 9.97 Å². The van der Waals surface area contributed by atoms with E-state index in [0.29, 0.717) is 11.0 Å². The second-order valence-corrected chi connectivity index (χ2v) is 4.23. The molecular weight excluding hydrogens is 242 g/mol. The Morgan fingerprint density at radius 2 is 1.94 bits per heavy atom. The molecule has 82 valence electrons. The molecule has 1 N–H and O–H groups in total. The minimum atomic E-state index is 0.374. The van der Waals surface area contributed by atoms with Gasteiger partial charge in [0.2, 0.25) is 0 Å². The Morgan fingerprint density at radius 3 is 2.69 bits per heavy atom. The van der Waals surface area contributed by atoms with Crippen LogP contribution >= 0.6 is 23.4 Å². The van der Waals surface area contributed by atoms with E-state index in [1.165, 1.54) is 0 Å². The third-order valence-corrected chi connectivity index (χ3v) is 3.09. The second-order valence-electron chi connectivity index (χ2n) is 3.02. The van der Waals surface area contributed by atoms with Crippen LogP contribution in [0.1, 0.15) is 0 Å². The number of halogens is 1. The highest BCUT2D eigenvalue weighted by Crippen LogP contribution is 2.28. The number of nitrogens with zero attached hydrogens (tertiary/aromatic N) is 2. The van der Waals surface area contributed by atoms with Crippen LogP contribution in [0.15, 0.2) is 41.6 Å². The molecule has 5 heteroatoms. The molecule has 0 aliphatic heterocycles. The molecule has 2 rings (SSSR count). The lowest BCUT2D eigenvalue weighted by Crippen LogP contribution is -1.96. The first-order valence-corrected chi connectivity index (χ1v) is 6.28. The van der Waals surface area contributed by atoms with E-state index in [1.54, 1.807) is 24.2 Å². The lowest BCUT2D eigenvalue weighted by Gasteiger charge is -2.09. The van der Waals surface area contributed by atoms with Crippen LogP contribution in [0.25, 0.3) is 0 Å². The van der Waals surface area contributed by atoms with Gasteiger partial charge in [-0.15, -0.1) is 11.8 Å². The molecule has 3 nitrogen and oxygen atoms in total. The van der Waals surface area contributed by atoms with E-state index in [2.05, 4.69) is 15.3 Å². The molecule has 0 radical (unpaired) electrons. The summed E-state index contributed by atoms with van der Waals surface area (Å²) >= 11 is 7.59. The number of aromatic nitrogens is 2. The zero-order valence-corrected chi connectivity index (χ0v) is 10.2. The van der Waals surface area contributed by atoms with Crippen LogP contribution in [0.3, 0.4) is 0 Å². The summed E-state index contributed by atoms with van der Waals surface area (Å²) in [6, 6.07) is 7.98. The van der Waals surface area contributed by atoms with E-state index in [1.807, 2.05) is 30.5 Å². The molecule has 16 heavy (non-hydrogen) atoms. The van der Waals surface area contributed by atoms with Gasteiger partial charge in [-0.3, -0.25) is 0 Å². The van der Waals surface area contributed by atoms with Gasteiger partial charge in [0.25, 0.3) is 0 Å². The SMILES string of the molecule is CSc1ccccc1Nc1nccnc1Cl. The van der Waals surface area contributed by atoms with E-state index in [0.717, 1.165) is 10.6 Å². The summed E-state index contributed by atoms with van der Waals surface area (Å²) < 4.78 is 0. The lowest BCUT2D eigenvalue weighted by atomic mass is 10.3. The minimum absolute atomic E-state index is 0.374. The maximum atomic E-state index is 5.93. The van der Waals surface area contributed by atoms with E-state index < -0.39 is 0 Å². The summed E-state index contributed by atoms with van der Waals surface area (Å²) in [6.07, 6.45) is 5.20.